The van der Waals surface area contributed by atoms with Crippen molar-refractivity contribution in [2.75, 3.05) is 26.9 Å². The van der Waals surface area contributed by atoms with Gasteiger partial charge in [-0.25, -0.2) is 0 Å². The van der Waals surface area contributed by atoms with E-state index >= 15 is 0 Å². The Morgan fingerprint density at radius 3 is 1.54 bits per heavy atom. The summed E-state index contributed by atoms with van der Waals surface area (Å²) in [5.74, 6) is 0. The summed E-state index contributed by atoms with van der Waals surface area (Å²) in [5.41, 5.74) is 3.76. The third-order valence-electron chi connectivity index (χ3n) is 10.3. The van der Waals surface area contributed by atoms with Crippen molar-refractivity contribution in [2.45, 2.75) is 114 Å². The molecule has 0 saturated carbocycles. The Morgan fingerprint density at radius 1 is 0.557 bits per heavy atom. The molecule has 0 radical (unpaired) electrons. The van der Waals surface area contributed by atoms with Crippen molar-refractivity contribution >= 4 is 0 Å². The van der Waals surface area contributed by atoms with Crippen molar-refractivity contribution in [3.63, 3.8) is 0 Å². The Morgan fingerprint density at radius 2 is 1.03 bits per heavy atom. The molecule has 2 saturated heterocycles. The van der Waals surface area contributed by atoms with Crippen LogP contribution in [0.25, 0.3) is 0 Å². The highest BCUT2D eigenvalue weighted by Gasteiger charge is 2.52. The van der Waals surface area contributed by atoms with Gasteiger partial charge in [-0.1, -0.05) is 127 Å². The van der Waals surface area contributed by atoms with Gasteiger partial charge in [-0.3, -0.25) is 0 Å². The van der Waals surface area contributed by atoms with Crippen molar-refractivity contribution in [1.82, 2.24) is 0 Å². The van der Waals surface area contributed by atoms with Crippen LogP contribution >= 0.6 is 0 Å². The van der Waals surface area contributed by atoms with E-state index in [1.54, 1.807) is 13.0 Å². The predicted octanol–water partition coefficient (Wildman–Crippen LogP) is 6.09. The number of hydrogen-bond acceptors (Lipinski definition) is 13. The first-order valence-electron chi connectivity index (χ1n) is 20.8. The largest absolute Gasteiger partial charge is 0.385 e. The van der Waals surface area contributed by atoms with E-state index in [1.807, 2.05) is 121 Å². The van der Waals surface area contributed by atoms with E-state index in [9.17, 15) is 10.2 Å². The fourth-order valence-corrected chi connectivity index (χ4v) is 7.22. The van der Waals surface area contributed by atoms with Crippen LogP contribution in [0.15, 0.2) is 134 Å². The Balaban J connectivity index is 1.26. The van der Waals surface area contributed by atoms with Crippen molar-refractivity contribution < 1.29 is 62.3 Å². The summed E-state index contributed by atoms with van der Waals surface area (Å²) in [6.07, 6.45) is -9.96. The van der Waals surface area contributed by atoms with Gasteiger partial charge in [-0.2, -0.15) is 0 Å². The summed E-state index contributed by atoms with van der Waals surface area (Å²) in [4.78, 5) is 0. The molecule has 2 aliphatic rings. The first-order chi connectivity index (χ1) is 29.8. The first-order valence-corrected chi connectivity index (χ1v) is 20.8. The lowest BCUT2D eigenvalue weighted by molar-refractivity contribution is -0.362. The second kappa shape index (κ2) is 24.7. The van der Waals surface area contributed by atoms with Gasteiger partial charge < -0.3 is 62.3 Å². The molecule has 12 unspecified atom stereocenters. The van der Waals surface area contributed by atoms with E-state index in [4.69, 9.17) is 52.1 Å². The van der Waals surface area contributed by atoms with Gasteiger partial charge in [0.2, 0.25) is 0 Å². The molecule has 0 aromatic heterocycles. The van der Waals surface area contributed by atoms with Gasteiger partial charge in [0.05, 0.1) is 46.2 Å². The van der Waals surface area contributed by atoms with Crippen LogP contribution < -0.4 is 0 Å². The molecular weight excluding hydrogens is 785 g/mol. The van der Waals surface area contributed by atoms with Gasteiger partial charge >= 0.3 is 0 Å². The molecule has 13 nitrogen and oxygen atoms in total. The zero-order valence-electron chi connectivity index (χ0n) is 35.1. The van der Waals surface area contributed by atoms with Crippen molar-refractivity contribution in [3.05, 3.63) is 156 Å². The van der Waals surface area contributed by atoms with Gasteiger partial charge in [0.15, 0.2) is 25.2 Å². The topological polar surface area (TPSA) is 142 Å². The maximum Gasteiger partial charge on any atom is 0.187 e. The van der Waals surface area contributed by atoms with Crippen molar-refractivity contribution in [1.29, 1.82) is 0 Å². The number of methoxy groups -OCH3 is 1. The minimum Gasteiger partial charge on any atom is -0.385 e. The Kier molecular flexibility index (Phi) is 18.8. The molecule has 2 fully saturated rings. The molecule has 12 atom stereocenters. The van der Waals surface area contributed by atoms with Gasteiger partial charge in [-0.05, 0) is 36.1 Å². The third-order valence-corrected chi connectivity index (χ3v) is 10.3. The monoisotopic (exact) mass is 844 g/mol. The van der Waals surface area contributed by atoms with E-state index in [1.165, 1.54) is 14.0 Å². The molecule has 4 aromatic rings. The van der Waals surface area contributed by atoms with Crippen LogP contribution in [-0.2, 0) is 78.5 Å². The standard InChI is InChI=1S/C48H60O13/c1-5-26-53-48-46(56-30-38-24-16-9-17-25-38)45(58-33(2)49)43(59-34(3)51-4)40(61-48)32-57-47-41(50)44(55-29-37-22-14-8-15-23-37)42(54-28-36-20-12-7-13-21-36)39(60-47)31-52-27-35-18-10-6-11-19-35/h5-25,33-34,39-50H,1,26-32H2,2-4H3. The maximum atomic E-state index is 12.1. The Bertz CT molecular complexity index is 1790. The minimum absolute atomic E-state index is 0.103. The molecule has 2 N–H and O–H groups in total. The SMILES string of the molecule is C=CCOC1OC(COC2OC(COCc3ccccc3)C(OCc3ccccc3)C(OCc3ccccc3)C2O)C(OC(C)OC)C(OC(C)O)C1OCc1ccccc1. The lowest BCUT2D eigenvalue weighted by Gasteiger charge is -2.47. The quantitative estimate of drug-likeness (QED) is 0.0622. The van der Waals surface area contributed by atoms with Crippen molar-refractivity contribution in [3.8, 4) is 0 Å². The number of rotatable bonds is 24. The van der Waals surface area contributed by atoms with Gasteiger partial charge in [0, 0.05) is 7.11 Å². The first kappa shape index (κ1) is 46.6. The Labute approximate surface area is 358 Å². The molecule has 2 heterocycles. The normalized spacial score (nSPS) is 27.6. The molecule has 0 aliphatic carbocycles. The van der Waals surface area contributed by atoms with Crippen LogP contribution in [-0.4, -0.2) is 111 Å². The molecule has 330 valence electrons. The smallest absolute Gasteiger partial charge is 0.187 e. The summed E-state index contributed by atoms with van der Waals surface area (Å²) in [7, 11) is 1.52. The zero-order chi connectivity index (χ0) is 42.8. The molecule has 0 spiro atoms. The number of benzene rings is 4. The average molecular weight is 845 g/mol. The van der Waals surface area contributed by atoms with Gasteiger partial charge in [-0.15, -0.1) is 6.58 Å². The number of aliphatic hydroxyl groups is 2. The van der Waals surface area contributed by atoms with Crippen LogP contribution in [0, 0.1) is 0 Å². The summed E-state index contributed by atoms with van der Waals surface area (Å²) < 4.78 is 69.6. The van der Waals surface area contributed by atoms with Crippen molar-refractivity contribution in [2.24, 2.45) is 0 Å². The van der Waals surface area contributed by atoms with E-state index in [-0.39, 0.29) is 39.6 Å². The van der Waals surface area contributed by atoms with Crippen LogP contribution in [0.4, 0.5) is 0 Å². The van der Waals surface area contributed by atoms with Crippen LogP contribution in [0.1, 0.15) is 36.1 Å². The van der Waals surface area contributed by atoms with E-state index in [0.717, 1.165) is 22.3 Å². The highest BCUT2D eigenvalue weighted by atomic mass is 16.8. The maximum absolute atomic E-state index is 12.1. The fraction of sp³-hybridized carbons (Fsp3) is 0.458. The molecule has 6 rings (SSSR count). The predicted molar refractivity (Wildman–Crippen MR) is 224 cm³/mol. The highest BCUT2D eigenvalue weighted by Crippen LogP contribution is 2.34. The van der Waals surface area contributed by atoms with Crippen LogP contribution in [0.5, 0.6) is 0 Å². The van der Waals surface area contributed by atoms with E-state index in [2.05, 4.69) is 6.58 Å². The lowest BCUT2D eigenvalue weighted by Crippen LogP contribution is -2.64. The molecule has 4 aromatic carbocycles. The van der Waals surface area contributed by atoms with Crippen LogP contribution in [0.3, 0.4) is 0 Å². The third kappa shape index (κ3) is 14.1. The summed E-state index contributed by atoms with van der Waals surface area (Å²) in [6.45, 7) is 8.06. The fourth-order valence-electron chi connectivity index (χ4n) is 7.22. The highest BCUT2D eigenvalue weighted by molar-refractivity contribution is 5.16. The second-order valence-corrected chi connectivity index (χ2v) is 14.9. The molecule has 0 amide bonds. The molecule has 2 aliphatic heterocycles. The van der Waals surface area contributed by atoms with E-state index < -0.39 is 74.0 Å². The number of hydrogen-bond donors (Lipinski definition) is 2. The Hall–Kier alpha value is -3.90. The van der Waals surface area contributed by atoms with Crippen LogP contribution in [0.2, 0.25) is 0 Å². The zero-order valence-corrected chi connectivity index (χ0v) is 35.1. The molecular formula is C48H60O13. The molecule has 0 bridgehead atoms. The number of aliphatic hydroxyl groups excluding tert-OH is 2. The lowest BCUT2D eigenvalue weighted by atomic mass is 9.97. The number of ether oxygens (including phenoxy) is 11. The molecule has 61 heavy (non-hydrogen) atoms. The van der Waals surface area contributed by atoms with Gasteiger partial charge in [0.1, 0.15) is 48.8 Å². The minimum atomic E-state index is -1.32. The summed E-state index contributed by atoms with van der Waals surface area (Å²) >= 11 is 0. The average Bonchev–Trinajstić information content (AvgIpc) is 3.29. The molecule has 13 heteroatoms. The summed E-state index contributed by atoms with van der Waals surface area (Å²) in [5, 5.41) is 22.8. The van der Waals surface area contributed by atoms with E-state index in [0.29, 0.717) is 6.61 Å². The second-order valence-electron chi connectivity index (χ2n) is 14.9. The van der Waals surface area contributed by atoms with Gasteiger partial charge in [0.25, 0.3) is 0 Å². The summed E-state index contributed by atoms with van der Waals surface area (Å²) in [6, 6.07) is 38.9.